The van der Waals surface area contributed by atoms with E-state index in [-0.39, 0.29) is 28.0 Å². The highest BCUT2D eigenvalue weighted by Crippen LogP contribution is 2.46. The van der Waals surface area contributed by atoms with E-state index in [4.69, 9.17) is 47.4 Å². The predicted molar refractivity (Wildman–Crippen MR) is 154 cm³/mol. The largest absolute Gasteiger partial charge is 0.495 e. The van der Waals surface area contributed by atoms with Crippen LogP contribution in [0.2, 0.25) is 10.0 Å². The number of fused-ring (bicyclic) bond motifs is 1. The maximum atomic E-state index is 11.9. The summed E-state index contributed by atoms with van der Waals surface area (Å²) < 4.78 is 16.5. The summed E-state index contributed by atoms with van der Waals surface area (Å²) in [6.45, 7) is 6.92. The van der Waals surface area contributed by atoms with Gasteiger partial charge in [-0.2, -0.15) is 0 Å². The Morgan fingerprint density at radius 3 is 2.52 bits per heavy atom. The van der Waals surface area contributed by atoms with Crippen molar-refractivity contribution in [2.45, 2.75) is 31.0 Å². The summed E-state index contributed by atoms with van der Waals surface area (Å²) >= 11 is 13.4. The molecule has 0 spiro atoms. The van der Waals surface area contributed by atoms with Crippen molar-refractivity contribution in [1.29, 1.82) is 0 Å². The number of anilines is 2. The summed E-state index contributed by atoms with van der Waals surface area (Å²) in [5, 5.41) is 18.0. The van der Waals surface area contributed by atoms with Crippen molar-refractivity contribution in [3.63, 3.8) is 0 Å². The summed E-state index contributed by atoms with van der Waals surface area (Å²) in [7, 11) is 3.01. The van der Waals surface area contributed by atoms with Crippen molar-refractivity contribution in [3.8, 4) is 22.8 Å². The molecule has 2 aliphatic heterocycles. The maximum absolute atomic E-state index is 11.9. The highest BCUT2D eigenvalue weighted by Gasteiger charge is 2.39. The summed E-state index contributed by atoms with van der Waals surface area (Å²) in [6, 6.07) is 2.97. The molecular formula is C27H30Cl2N6O5. The maximum Gasteiger partial charge on any atom is 0.243 e. The van der Waals surface area contributed by atoms with Crippen LogP contribution in [0.5, 0.6) is 11.5 Å². The molecular weight excluding hydrogens is 559 g/mol. The van der Waals surface area contributed by atoms with Crippen molar-refractivity contribution in [3.05, 3.63) is 41.0 Å². The lowest BCUT2D eigenvalue weighted by molar-refractivity contribution is -0.117. The number of pyridine rings is 1. The van der Waals surface area contributed by atoms with Gasteiger partial charge >= 0.3 is 0 Å². The number of nitrogens with zero attached hydrogens (tertiary/aromatic N) is 4. The zero-order valence-corrected chi connectivity index (χ0v) is 23.8. The second-order valence-electron chi connectivity index (χ2n) is 10.0. The van der Waals surface area contributed by atoms with Gasteiger partial charge in [-0.15, -0.1) is 0 Å². The number of hydrogen-bond acceptors (Lipinski definition) is 10. The molecule has 1 amide bonds. The molecule has 2 atom stereocenters. The predicted octanol–water partition coefficient (Wildman–Crippen LogP) is 3.46. The lowest BCUT2D eigenvalue weighted by atomic mass is 9.96. The van der Waals surface area contributed by atoms with Crippen molar-refractivity contribution < 1.29 is 24.1 Å². The summed E-state index contributed by atoms with van der Waals surface area (Å²) in [5.74, 6) is 1.40. The van der Waals surface area contributed by atoms with Gasteiger partial charge in [-0.25, -0.2) is 15.0 Å². The molecule has 0 aliphatic carbocycles. The Hall–Kier alpha value is -3.38. The monoisotopic (exact) mass is 588 g/mol. The van der Waals surface area contributed by atoms with Crippen LogP contribution in [0.1, 0.15) is 13.3 Å². The lowest BCUT2D eigenvalue weighted by Gasteiger charge is -2.45. The van der Waals surface area contributed by atoms with Crippen molar-refractivity contribution in [1.82, 2.24) is 20.3 Å². The zero-order valence-electron chi connectivity index (χ0n) is 22.3. The Bertz CT molecular complexity index is 1430. The molecule has 1 aromatic carbocycles. The van der Waals surface area contributed by atoms with Gasteiger partial charge in [0.25, 0.3) is 0 Å². The minimum Gasteiger partial charge on any atom is -0.495 e. The second-order valence-corrected chi connectivity index (χ2v) is 10.8. The Labute approximate surface area is 241 Å². The first-order valence-electron chi connectivity index (χ1n) is 12.7. The molecule has 212 valence electrons. The van der Waals surface area contributed by atoms with Gasteiger partial charge in [-0.3, -0.25) is 4.79 Å². The fourth-order valence-electron chi connectivity index (χ4n) is 4.94. The quantitative estimate of drug-likeness (QED) is 0.336. The number of rotatable bonds is 8. The zero-order chi connectivity index (χ0) is 28.6. The van der Waals surface area contributed by atoms with E-state index in [1.807, 2.05) is 4.90 Å². The molecule has 11 nitrogen and oxygen atoms in total. The van der Waals surface area contributed by atoms with E-state index >= 15 is 0 Å². The van der Waals surface area contributed by atoms with Gasteiger partial charge < -0.3 is 34.9 Å². The number of carbonyl (C=O) groups is 1. The number of benzene rings is 1. The fraction of sp³-hybridized carbons (Fsp3) is 0.407. The van der Waals surface area contributed by atoms with Gasteiger partial charge in [0.15, 0.2) is 5.82 Å². The van der Waals surface area contributed by atoms with E-state index in [0.717, 1.165) is 0 Å². The standard InChI is InChI=1S/C27H30Cl2N6O5/c1-5-20(36)31-15-6-7-40-11-17(15)33-26-30-10-14-8-16(21-22(28)18(38-3)9-19(39-4)23(21)29)32-25(24(14)34-26)35-12-27(2,37)13-35/h5,8-10,15,17,37H,1,6-7,11-13H2,2-4H3,(H,31,36)(H,30,33,34)/t15-,17+/m0/s1. The molecule has 2 aliphatic rings. The van der Waals surface area contributed by atoms with Gasteiger partial charge in [0.1, 0.15) is 17.0 Å². The molecule has 2 aromatic heterocycles. The third-order valence-electron chi connectivity index (χ3n) is 6.92. The molecule has 0 saturated carbocycles. The number of amides is 1. The van der Waals surface area contributed by atoms with Gasteiger partial charge in [0, 0.05) is 42.9 Å². The van der Waals surface area contributed by atoms with Crippen molar-refractivity contribution in [2.24, 2.45) is 0 Å². The number of nitrogens with one attached hydrogen (secondary N) is 2. The number of hydrogen-bond donors (Lipinski definition) is 3. The number of aromatic nitrogens is 3. The molecule has 4 heterocycles. The van der Waals surface area contributed by atoms with Crippen molar-refractivity contribution in [2.75, 3.05) is 50.7 Å². The molecule has 3 N–H and O–H groups in total. The van der Waals surface area contributed by atoms with E-state index in [2.05, 4.69) is 22.2 Å². The molecule has 2 saturated heterocycles. The summed E-state index contributed by atoms with van der Waals surface area (Å²) in [6.07, 6.45) is 3.56. The first-order chi connectivity index (χ1) is 19.1. The van der Waals surface area contributed by atoms with Crippen LogP contribution in [-0.2, 0) is 9.53 Å². The Morgan fingerprint density at radius 1 is 1.20 bits per heavy atom. The third-order valence-corrected chi connectivity index (χ3v) is 7.67. The van der Waals surface area contributed by atoms with E-state index in [1.54, 1.807) is 25.3 Å². The van der Waals surface area contributed by atoms with Crippen LogP contribution in [0.3, 0.4) is 0 Å². The van der Waals surface area contributed by atoms with Crippen LogP contribution in [0.25, 0.3) is 22.2 Å². The van der Waals surface area contributed by atoms with E-state index in [9.17, 15) is 9.90 Å². The van der Waals surface area contributed by atoms with Crippen molar-refractivity contribution >= 4 is 51.8 Å². The second kappa shape index (κ2) is 11.2. The molecule has 40 heavy (non-hydrogen) atoms. The van der Waals surface area contributed by atoms with E-state index < -0.39 is 5.60 Å². The Kier molecular flexibility index (Phi) is 7.92. The SMILES string of the molecule is C=CC(=O)N[C@H]1CCOC[C@H]1Nc1ncc2cc(-c3c(Cl)c(OC)cc(OC)c3Cl)nc(N3CC(C)(O)C3)c2n1. The molecule has 13 heteroatoms. The molecule has 0 bridgehead atoms. The van der Waals surface area contributed by atoms with Crippen LogP contribution in [0.15, 0.2) is 31.0 Å². The number of β-amino-alcohol motifs (C(OH)–C–C–N with tert-alkyl or cyclic N) is 1. The molecule has 5 rings (SSSR count). The Balaban J connectivity index is 1.58. The van der Waals surface area contributed by atoms with Crippen LogP contribution in [0.4, 0.5) is 11.8 Å². The normalized spacial score (nSPS) is 20.0. The average molecular weight is 589 g/mol. The average Bonchev–Trinajstić information content (AvgIpc) is 2.92. The minimum absolute atomic E-state index is 0.184. The smallest absolute Gasteiger partial charge is 0.243 e. The van der Waals surface area contributed by atoms with Gasteiger partial charge in [-0.05, 0) is 25.5 Å². The van der Waals surface area contributed by atoms with Gasteiger partial charge in [0.2, 0.25) is 11.9 Å². The number of methoxy groups -OCH3 is 2. The number of carbonyl (C=O) groups excluding carboxylic acids is 1. The molecule has 2 fully saturated rings. The molecule has 0 unspecified atom stereocenters. The Morgan fingerprint density at radius 2 is 1.90 bits per heavy atom. The van der Waals surface area contributed by atoms with Crippen LogP contribution >= 0.6 is 23.2 Å². The van der Waals surface area contributed by atoms with E-state index in [0.29, 0.717) is 78.1 Å². The van der Waals surface area contributed by atoms with Gasteiger partial charge in [0.05, 0.1) is 54.3 Å². The van der Waals surface area contributed by atoms with Crippen LogP contribution < -0.4 is 25.0 Å². The van der Waals surface area contributed by atoms with Crippen LogP contribution in [0, 0.1) is 0 Å². The lowest BCUT2D eigenvalue weighted by Crippen LogP contribution is -2.60. The molecule has 0 radical (unpaired) electrons. The topological polar surface area (TPSA) is 131 Å². The first-order valence-corrected chi connectivity index (χ1v) is 13.4. The summed E-state index contributed by atoms with van der Waals surface area (Å²) in [4.78, 5) is 28.1. The number of ether oxygens (including phenoxy) is 3. The highest BCUT2D eigenvalue weighted by molar-refractivity contribution is 6.41. The minimum atomic E-state index is -0.859. The fourth-order valence-corrected chi connectivity index (χ4v) is 5.63. The van der Waals surface area contributed by atoms with E-state index in [1.165, 1.54) is 20.3 Å². The number of halogens is 2. The first kappa shape index (κ1) is 28.2. The third kappa shape index (κ3) is 5.46. The molecule has 3 aromatic rings. The highest BCUT2D eigenvalue weighted by atomic mass is 35.5. The summed E-state index contributed by atoms with van der Waals surface area (Å²) in [5.41, 5.74) is 0.626. The van der Waals surface area contributed by atoms with Gasteiger partial charge in [-0.1, -0.05) is 29.8 Å². The van der Waals surface area contributed by atoms with Crippen LogP contribution in [-0.4, -0.2) is 84.2 Å². The number of aliphatic hydroxyl groups is 1.